The minimum Gasteiger partial charge on any atom is -0.493 e. The van der Waals surface area contributed by atoms with Crippen LogP contribution >= 0.6 is 0 Å². The van der Waals surface area contributed by atoms with Crippen LogP contribution in [0.3, 0.4) is 0 Å². The molecule has 1 unspecified atom stereocenters. The van der Waals surface area contributed by atoms with Gasteiger partial charge >= 0.3 is 0 Å². The van der Waals surface area contributed by atoms with Gasteiger partial charge in [-0.3, -0.25) is 0 Å². The molecule has 1 atom stereocenters. The van der Waals surface area contributed by atoms with Gasteiger partial charge in [-0.25, -0.2) is 0 Å². The third kappa shape index (κ3) is 3.42. The Labute approximate surface area is 130 Å². The van der Waals surface area contributed by atoms with E-state index in [1.54, 1.807) is 7.11 Å². The number of hydrogen-bond acceptors (Lipinski definition) is 5. The van der Waals surface area contributed by atoms with Crippen LogP contribution in [0.1, 0.15) is 43.5 Å². The molecule has 1 aromatic heterocycles. The van der Waals surface area contributed by atoms with Gasteiger partial charge in [-0.2, -0.15) is 0 Å². The average molecular weight is 304 g/mol. The van der Waals surface area contributed by atoms with Gasteiger partial charge in [0.25, 0.3) is 0 Å². The molecule has 1 heterocycles. The normalized spacial score (nSPS) is 16.1. The number of hydrogen-bond donors (Lipinski definition) is 1. The minimum absolute atomic E-state index is 0.281. The van der Waals surface area contributed by atoms with Crippen molar-refractivity contribution in [3.05, 3.63) is 23.4 Å². The first-order valence-corrected chi connectivity index (χ1v) is 7.96. The highest BCUT2D eigenvalue weighted by Gasteiger charge is 2.24. The number of benzene rings is 1. The molecule has 0 spiro atoms. The van der Waals surface area contributed by atoms with Crippen LogP contribution in [0.15, 0.2) is 16.7 Å². The van der Waals surface area contributed by atoms with E-state index < -0.39 is 0 Å². The maximum absolute atomic E-state index is 5.96. The number of aromatic nitrogens is 1. The second-order valence-electron chi connectivity index (χ2n) is 6.02. The second kappa shape index (κ2) is 6.67. The lowest BCUT2D eigenvalue weighted by molar-refractivity contribution is 0.172. The Morgan fingerprint density at radius 2 is 2.18 bits per heavy atom. The predicted molar refractivity (Wildman–Crippen MR) is 85.3 cm³/mol. The first-order chi connectivity index (χ1) is 10.7. The van der Waals surface area contributed by atoms with Crippen molar-refractivity contribution >= 4 is 11.0 Å². The lowest BCUT2D eigenvalue weighted by Gasteiger charge is -2.15. The highest BCUT2D eigenvalue weighted by atomic mass is 16.5. The fourth-order valence-corrected chi connectivity index (χ4v) is 2.65. The van der Waals surface area contributed by atoms with Crippen molar-refractivity contribution in [2.24, 2.45) is 0 Å². The molecule has 5 heteroatoms. The molecule has 1 aromatic carbocycles. The van der Waals surface area contributed by atoms with Gasteiger partial charge in [0, 0.05) is 32.2 Å². The summed E-state index contributed by atoms with van der Waals surface area (Å²) >= 11 is 0. The molecule has 1 fully saturated rings. The maximum atomic E-state index is 5.96. The van der Waals surface area contributed by atoms with Crippen LogP contribution in [0.4, 0.5) is 0 Å². The Balaban J connectivity index is 1.83. The Morgan fingerprint density at radius 3 is 2.91 bits per heavy atom. The van der Waals surface area contributed by atoms with Crippen molar-refractivity contribution in [2.75, 3.05) is 20.3 Å². The molecule has 0 amide bonds. The zero-order valence-corrected chi connectivity index (χ0v) is 13.5. The summed E-state index contributed by atoms with van der Waals surface area (Å²) in [5, 5.41) is 8.65. The molecule has 2 aromatic rings. The van der Waals surface area contributed by atoms with Crippen molar-refractivity contribution in [1.82, 2.24) is 10.5 Å². The van der Waals surface area contributed by atoms with E-state index in [-0.39, 0.29) is 6.04 Å². The number of ether oxygens (including phenoxy) is 2. The molecular weight excluding hydrogens is 280 g/mol. The largest absolute Gasteiger partial charge is 0.493 e. The summed E-state index contributed by atoms with van der Waals surface area (Å²) in [5.74, 6) is 0.854. The van der Waals surface area contributed by atoms with E-state index in [0.717, 1.165) is 28.8 Å². The highest BCUT2D eigenvalue weighted by Crippen LogP contribution is 2.33. The lowest BCUT2D eigenvalue weighted by Crippen LogP contribution is -2.20. The van der Waals surface area contributed by atoms with Crippen LogP contribution < -0.4 is 10.1 Å². The Kier molecular flexibility index (Phi) is 4.64. The van der Waals surface area contributed by atoms with Gasteiger partial charge in [-0.05, 0) is 44.4 Å². The smallest absolute Gasteiger partial charge is 0.171 e. The molecule has 0 bridgehead atoms. The standard InChI is InChI=1S/C17H24N2O3/c1-11(18-14-5-6-14)13-9-15(21-8-4-7-20-3)17-12(2)19-22-16(17)10-13/h9-11,14,18H,4-8H2,1-3H3. The van der Waals surface area contributed by atoms with Gasteiger partial charge in [0.1, 0.15) is 5.75 Å². The number of fused-ring (bicyclic) bond motifs is 1. The van der Waals surface area contributed by atoms with Crippen molar-refractivity contribution in [3.63, 3.8) is 0 Å². The Morgan fingerprint density at radius 1 is 1.36 bits per heavy atom. The van der Waals surface area contributed by atoms with Crippen LogP contribution in [-0.2, 0) is 4.74 Å². The predicted octanol–water partition coefficient (Wildman–Crippen LogP) is 3.36. The molecule has 5 nitrogen and oxygen atoms in total. The zero-order valence-electron chi connectivity index (χ0n) is 13.5. The molecule has 0 radical (unpaired) electrons. The zero-order chi connectivity index (χ0) is 15.5. The van der Waals surface area contributed by atoms with Gasteiger partial charge < -0.3 is 19.3 Å². The summed E-state index contributed by atoms with van der Waals surface area (Å²) in [6, 6.07) is 5.12. The summed E-state index contributed by atoms with van der Waals surface area (Å²) in [6.07, 6.45) is 3.41. The van der Waals surface area contributed by atoms with Crippen LogP contribution in [0.5, 0.6) is 5.75 Å². The highest BCUT2D eigenvalue weighted by molar-refractivity contribution is 5.86. The van der Waals surface area contributed by atoms with Crippen molar-refractivity contribution in [2.45, 2.75) is 45.2 Å². The number of rotatable bonds is 8. The van der Waals surface area contributed by atoms with E-state index in [0.29, 0.717) is 19.3 Å². The van der Waals surface area contributed by atoms with Gasteiger partial charge in [0.05, 0.1) is 17.7 Å². The van der Waals surface area contributed by atoms with Gasteiger partial charge in [0.2, 0.25) is 0 Å². The summed E-state index contributed by atoms with van der Waals surface area (Å²) < 4.78 is 16.5. The lowest BCUT2D eigenvalue weighted by atomic mass is 10.0. The van der Waals surface area contributed by atoms with E-state index in [2.05, 4.69) is 29.5 Å². The maximum Gasteiger partial charge on any atom is 0.171 e. The van der Waals surface area contributed by atoms with Gasteiger partial charge in [-0.1, -0.05) is 5.16 Å². The SMILES string of the molecule is COCCCOc1cc(C(C)NC2CC2)cc2onc(C)c12. The number of nitrogens with zero attached hydrogens (tertiary/aromatic N) is 1. The molecular formula is C17H24N2O3. The fourth-order valence-electron chi connectivity index (χ4n) is 2.65. The Bertz CT molecular complexity index is 634. The number of methoxy groups -OCH3 is 1. The molecule has 1 N–H and O–H groups in total. The Hall–Kier alpha value is -1.59. The third-order valence-electron chi connectivity index (χ3n) is 4.04. The van der Waals surface area contributed by atoms with E-state index in [4.69, 9.17) is 14.0 Å². The number of aryl methyl sites for hydroxylation is 1. The molecule has 1 aliphatic rings. The molecule has 0 aliphatic heterocycles. The first-order valence-electron chi connectivity index (χ1n) is 7.96. The summed E-state index contributed by atoms with van der Waals surface area (Å²) in [4.78, 5) is 0. The number of nitrogens with one attached hydrogen (secondary N) is 1. The van der Waals surface area contributed by atoms with E-state index in [9.17, 15) is 0 Å². The van der Waals surface area contributed by atoms with Gasteiger partial charge in [-0.15, -0.1) is 0 Å². The topological polar surface area (TPSA) is 56.5 Å². The summed E-state index contributed by atoms with van der Waals surface area (Å²) in [6.45, 7) is 5.45. The average Bonchev–Trinajstić information content (AvgIpc) is 3.25. The van der Waals surface area contributed by atoms with Crippen molar-refractivity contribution in [3.8, 4) is 5.75 Å². The molecule has 22 heavy (non-hydrogen) atoms. The minimum atomic E-state index is 0.281. The second-order valence-corrected chi connectivity index (χ2v) is 6.02. The summed E-state index contributed by atoms with van der Waals surface area (Å²) in [5.41, 5.74) is 2.84. The summed E-state index contributed by atoms with van der Waals surface area (Å²) in [7, 11) is 1.70. The van der Waals surface area contributed by atoms with Crippen LogP contribution in [0.25, 0.3) is 11.0 Å². The molecule has 1 aliphatic carbocycles. The quantitative estimate of drug-likeness (QED) is 0.758. The first kappa shape index (κ1) is 15.3. The third-order valence-corrected chi connectivity index (χ3v) is 4.04. The van der Waals surface area contributed by atoms with Crippen molar-refractivity contribution < 1.29 is 14.0 Å². The van der Waals surface area contributed by atoms with Crippen LogP contribution in [-0.4, -0.2) is 31.5 Å². The van der Waals surface area contributed by atoms with Gasteiger partial charge in [0.15, 0.2) is 5.58 Å². The van der Waals surface area contributed by atoms with Crippen molar-refractivity contribution in [1.29, 1.82) is 0 Å². The van der Waals surface area contributed by atoms with Crippen LogP contribution in [0, 0.1) is 6.92 Å². The molecule has 120 valence electrons. The van der Waals surface area contributed by atoms with Crippen LogP contribution in [0.2, 0.25) is 0 Å². The van der Waals surface area contributed by atoms with E-state index in [1.807, 2.05) is 6.92 Å². The fraction of sp³-hybridized carbons (Fsp3) is 0.588. The van der Waals surface area contributed by atoms with E-state index >= 15 is 0 Å². The molecule has 0 saturated heterocycles. The monoisotopic (exact) mass is 304 g/mol. The van der Waals surface area contributed by atoms with E-state index in [1.165, 1.54) is 18.4 Å². The molecule has 3 rings (SSSR count). The molecule has 1 saturated carbocycles.